The van der Waals surface area contributed by atoms with Crippen LogP contribution in [-0.2, 0) is 7.05 Å². The summed E-state index contributed by atoms with van der Waals surface area (Å²) in [5.74, 6) is 0. The Morgan fingerprint density at radius 1 is 1.39 bits per heavy atom. The first-order chi connectivity index (χ1) is 8.61. The van der Waals surface area contributed by atoms with E-state index in [1.165, 1.54) is 5.56 Å². The smallest absolute Gasteiger partial charge is 0.0608 e. The van der Waals surface area contributed by atoms with Crippen molar-refractivity contribution in [2.24, 2.45) is 7.05 Å². The van der Waals surface area contributed by atoms with Gasteiger partial charge < -0.3 is 5.32 Å². The molecule has 18 heavy (non-hydrogen) atoms. The van der Waals surface area contributed by atoms with Crippen LogP contribution in [0.4, 0.5) is 0 Å². The molecule has 0 saturated heterocycles. The van der Waals surface area contributed by atoms with Gasteiger partial charge >= 0.3 is 0 Å². The molecule has 0 amide bonds. The van der Waals surface area contributed by atoms with E-state index < -0.39 is 0 Å². The molecule has 1 aromatic heterocycles. The second-order valence-corrected chi connectivity index (χ2v) is 4.85. The second kappa shape index (κ2) is 5.55. The average molecular weight is 264 g/mol. The Morgan fingerprint density at radius 2 is 2.17 bits per heavy atom. The van der Waals surface area contributed by atoms with E-state index in [1.807, 2.05) is 37.1 Å². The maximum absolute atomic E-state index is 6.20. The van der Waals surface area contributed by atoms with Crippen molar-refractivity contribution in [2.75, 3.05) is 6.54 Å². The average Bonchev–Trinajstić information content (AvgIpc) is 2.76. The molecule has 2 rings (SSSR count). The first-order valence-corrected chi connectivity index (χ1v) is 6.47. The molecular weight excluding hydrogens is 246 g/mol. The van der Waals surface area contributed by atoms with E-state index in [0.29, 0.717) is 0 Å². The predicted octanol–water partition coefficient (Wildman–Crippen LogP) is 3.08. The van der Waals surface area contributed by atoms with Crippen LogP contribution in [0.15, 0.2) is 30.6 Å². The number of hydrogen-bond acceptors (Lipinski definition) is 2. The molecule has 2 aromatic rings. The SMILES string of the molecule is CCNC(c1ccc(C)c(Cl)c1)c1cnn(C)c1. The minimum Gasteiger partial charge on any atom is -0.306 e. The summed E-state index contributed by atoms with van der Waals surface area (Å²) in [7, 11) is 1.93. The number of halogens is 1. The lowest BCUT2D eigenvalue weighted by molar-refractivity contribution is 0.629. The Kier molecular flexibility index (Phi) is 4.04. The van der Waals surface area contributed by atoms with Gasteiger partial charge in [-0.15, -0.1) is 0 Å². The minimum atomic E-state index is 0.141. The number of benzene rings is 1. The molecule has 0 aliphatic carbocycles. The predicted molar refractivity (Wildman–Crippen MR) is 74.9 cm³/mol. The van der Waals surface area contributed by atoms with Gasteiger partial charge in [0.25, 0.3) is 0 Å². The summed E-state index contributed by atoms with van der Waals surface area (Å²) in [6, 6.07) is 6.33. The third kappa shape index (κ3) is 2.74. The van der Waals surface area contributed by atoms with Crippen LogP contribution >= 0.6 is 11.6 Å². The molecule has 0 saturated carbocycles. The summed E-state index contributed by atoms with van der Waals surface area (Å²) in [6.07, 6.45) is 3.92. The van der Waals surface area contributed by atoms with Crippen LogP contribution in [0.3, 0.4) is 0 Å². The number of aromatic nitrogens is 2. The number of rotatable bonds is 4. The van der Waals surface area contributed by atoms with Crippen molar-refractivity contribution in [2.45, 2.75) is 19.9 Å². The van der Waals surface area contributed by atoms with Crippen LogP contribution in [0, 0.1) is 6.92 Å². The summed E-state index contributed by atoms with van der Waals surface area (Å²) in [6.45, 7) is 5.00. The lowest BCUT2D eigenvalue weighted by atomic mass is 10.0. The van der Waals surface area contributed by atoms with E-state index in [2.05, 4.69) is 29.5 Å². The van der Waals surface area contributed by atoms with E-state index in [4.69, 9.17) is 11.6 Å². The number of nitrogens with zero attached hydrogens (tertiary/aromatic N) is 2. The van der Waals surface area contributed by atoms with Gasteiger partial charge in [0.05, 0.1) is 12.2 Å². The Bertz CT molecular complexity index is 534. The highest BCUT2D eigenvalue weighted by Gasteiger charge is 2.15. The molecule has 0 bridgehead atoms. The molecule has 96 valence electrons. The van der Waals surface area contributed by atoms with E-state index >= 15 is 0 Å². The van der Waals surface area contributed by atoms with E-state index in [1.54, 1.807) is 0 Å². The van der Waals surface area contributed by atoms with Crippen LogP contribution in [0.2, 0.25) is 5.02 Å². The molecular formula is C14H18ClN3. The first kappa shape index (κ1) is 13.1. The van der Waals surface area contributed by atoms with Gasteiger partial charge in [-0.2, -0.15) is 5.10 Å². The van der Waals surface area contributed by atoms with Crippen molar-refractivity contribution in [1.82, 2.24) is 15.1 Å². The third-order valence-electron chi connectivity index (χ3n) is 3.00. The zero-order chi connectivity index (χ0) is 13.1. The quantitative estimate of drug-likeness (QED) is 0.919. The molecule has 1 aromatic carbocycles. The van der Waals surface area contributed by atoms with Crippen molar-refractivity contribution < 1.29 is 0 Å². The highest BCUT2D eigenvalue weighted by atomic mass is 35.5. The van der Waals surface area contributed by atoms with E-state index in [-0.39, 0.29) is 6.04 Å². The molecule has 1 N–H and O–H groups in total. The Hall–Kier alpha value is -1.32. The molecule has 3 nitrogen and oxygen atoms in total. The lowest BCUT2D eigenvalue weighted by Gasteiger charge is -2.17. The summed E-state index contributed by atoms with van der Waals surface area (Å²) in [4.78, 5) is 0. The van der Waals surface area contributed by atoms with Crippen LogP contribution < -0.4 is 5.32 Å². The fraction of sp³-hybridized carbons (Fsp3) is 0.357. The summed E-state index contributed by atoms with van der Waals surface area (Å²) >= 11 is 6.20. The van der Waals surface area contributed by atoms with Crippen LogP contribution in [-0.4, -0.2) is 16.3 Å². The zero-order valence-corrected chi connectivity index (χ0v) is 11.7. The number of hydrogen-bond donors (Lipinski definition) is 1. The van der Waals surface area contributed by atoms with Gasteiger partial charge in [-0.05, 0) is 30.7 Å². The van der Waals surface area contributed by atoms with Crippen LogP contribution in [0.25, 0.3) is 0 Å². The Balaban J connectivity index is 2.37. The zero-order valence-electron chi connectivity index (χ0n) is 10.9. The van der Waals surface area contributed by atoms with E-state index in [9.17, 15) is 0 Å². The van der Waals surface area contributed by atoms with Gasteiger partial charge in [-0.1, -0.05) is 30.7 Å². The summed E-state index contributed by atoms with van der Waals surface area (Å²) in [5, 5.41) is 8.50. The molecule has 0 fully saturated rings. The van der Waals surface area contributed by atoms with Crippen molar-refractivity contribution in [3.8, 4) is 0 Å². The normalized spacial score (nSPS) is 12.7. The highest BCUT2D eigenvalue weighted by Crippen LogP contribution is 2.25. The van der Waals surface area contributed by atoms with Crippen molar-refractivity contribution in [3.63, 3.8) is 0 Å². The van der Waals surface area contributed by atoms with Gasteiger partial charge in [0.15, 0.2) is 0 Å². The molecule has 1 unspecified atom stereocenters. The Labute approximate surface area is 113 Å². The standard InChI is InChI=1S/C14H18ClN3/c1-4-16-14(12-8-17-18(3)9-12)11-6-5-10(2)13(15)7-11/h5-9,14,16H,4H2,1-3H3. The van der Waals surface area contributed by atoms with Gasteiger partial charge in [0, 0.05) is 23.8 Å². The first-order valence-electron chi connectivity index (χ1n) is 6.09. The van der Waals surface area contributed by atoms with Crippen molar-refractivity contribution in [1.29, 1.82) is 0 Å². The summed E-state index contributed by atoms with van der Waals surface area (Å²) in [5.41, 5.74) is 3.42. The molecule has 4 heteroatoms. The molecule has 0 spiro atoms. The fourth-order valence-corrected chi connectivity index (χ4v) is 2.20. The van der Waals surface area contributed by atoms with Crippen LogP contribution in [0.5, 0.6) is 0 Å². The molecule has 0 aliphatic rings. The Morgan fingerprint density at radius 3 is 2.72 bits per heavy atom. The maximum Gasteiger partial charge on any atom is 0.0608 e. The summed E-state index contributed by atoms with van der Waals surface area (Å²) < 4.78 is 1.81. The monoisotopic (exact) mass is 263 g/mol. The van der Waals surface area contributed by atoms with Crippen LogP contribution in [0.1, 0.15) is 29.7 Å². The molecule has 0 radical (unpaired) electrons. The number of aryl methyl sites for hydroxylation is 2. The van der Waals surface area contributed by atoms with E-state index in [0.717, 1.165) is 22.7 Å². The highest BCUT2D eigenvalue weighted by molar-refractivity contribution is 6.31. The van der Waals surface area contributed by atoms with Gasteiger partial charge in [-0.3, -0.25) is 4.68 Å². The second-order valence-electron chi connectivity index (χ2n) is 4.45. The van der Waals surface area contributed by atoms with Gasteiger partial charge in [0.2, 0.25) is 0 Å². The van der Waals surface area contributed by atoms with Crippen molar-refractivity contribution >= 4 is 11.6 Å². The molecule has 1 heterocycles. The molecule has 0 aliphatic heterocycles. The number of nitrogens with one attached hydrogen (secondary N) is 1. The largest absolute Gasteiger partial charge is 0.306 e. The third-order valence-corrected chi connectivity index (χ3v) is 3.40. The minimum absolute atomic E-state index is 0.141. The van der Waals surface area contributed by atoms with Crippen molar-refractivity contribution in [3.05, 3.63) is 52.3 Å². The van der Waals surface area contributed by atoms with Gasteiger partial charge in [-0.25, -0.2) is 0 Å². The molecule has 1 atom stereocenters. The van der Waals surface area contributed by atoms with Gasteiger partial charge in [0.1, 0.15) is 0 Å². The maximum atomic E-state index is 6.20. The fourth-order valence-electron chi connectivity index (χ4n) is 2.01. The topological polar surface area (TPSA) is 29.9 Å². The lowest BCUT2D eigenvalue weighted by Crippen LogP contribution is -2.21.